The van der Waals surface area contributed by atoms with Crippen LogP contribution in [0.25, 0.3) is 0 Å². The minimum absolute atomic E-state index is 0.468. The lowest BCUT2D eigenvalue weighted by Crippen LogP contribution is -2.13. The molecule has 0 amide bonds. The van der Waals surface area contributed by atoms with E-state index in [0.717, 1.165) is 17.1 Å². The molecule has 2 aromatic rings. The molecule has 0 bridgehead atoms. The molecular formula is C11H15ClN6. The number of hydrogen-bond donors (Lipinski definition) is 2. The van der Waals surface area contributed by atoms with Crippen LogP contribution in [-0.4, -0.2) is 19.7 Å². The Morgan fingerprint density at radius 2 is 2.06 bits per heavy atom. The number of anilines is 1. The number of aryl methyl sites for hydroxylation is 2. The zero-order chi connectivity index (χ0) is 13.3. The molecule has 7 heteroatoms. The summed E-state index contributed by atoms with van der Waals surface area (Å²) in [5.41, 5.74) is 5.07. The predicted octanol–water partition coefficient (Wildman–Crippen LogP) is 1.59. The third-order valence-electron chi connectivity index (χ3n) is 2.63. The Labute approximate surface area is 110 Å². The zero-order valence-electron chi connectivity index (χ0n) is 10.5. The van der Waals surface area contributed by atoms with Crippen molar-refractivity contribution < 1.29 is 0 Å². The largest absolute Gasteiger partial charge is 0.308 e. The molecule has 6 nitrogen and oxygen atoms in total. The van der Waals surface area contributed by atoms with Gasteiger partial charge in [-0.15, -0.1) is 0 Å². The molecule has 2 aromatic heterocycles. The molecule has 0 saturated carbocycles. The fraction of sp³-hybridized carbons (Fsp3) is 0.364. The van der Waals surface area contributed by atoms with Gasteiger partial charge in [0.15, 0.2) is 5.82 Å². The van der Waals surface area contributed by atoms with E-state index in [1.807, 2.05) is 20.8 Å². The number of halogens is 1. The molecule has 0 atom stereocenters. The van der Waals surface area contributed by atoms with Gasteiger partial charge in [0, 0.05) is 11.8 Å². The van der Waals surface area contributed by atoms with Gasteiger partial charge in [0.25, 0.3) is 0 Å². The Hall–Kier alpha value is -1.66. The van der Waals surface area contributed by atoms with Crippen LogP contribution in [0.4, 0.5) is 5.82 Å². The molecule has 96 valence electrons. The number of rotatable bonds is 3. The van der Waals surface area contributed by atoms with Crippen LogP contribution >= 0.6 is 11.6 Å². The molecule has 2 rings (SSSR count). The van der Waals surface area contributed by atoms with Gasteiger partial charge in [0.05, 0.1) is 16.4 Å². The van der Waals surface area contributed by atoms with E-state index in [-0.39, 0.29) is 0 Å². The van der Waals surface area contributed by atoms with E-state index in [2.05, 4.69) is 20.5 Å². The highest BCUT2D eigenvalue weighted by atomic mass is 35.5. The molecule has 0 fully saturated rings. The summed E-state index contributed by atoms with van der Waals surface area (Å²) in [6.45, 7) is 6.14. The molecule has 0 aliphatic carbocycles. The maximum Gasteiger partial charge on any atom is 0.152 e. The normalized spacial score (nSPS) is 10.7. The lowest BCUT2D eigenvalue weighted by Gasteiger charge is -2.06. The Morgan fingerprint density at radius 3 is 2.61 bits per heavy atom. The average molecular weight is 267 g/mol. The Kier molecular flexibility index (Phi) is 3.49. The summed E-state index contributed by atoms with van der Waals surface area (Å²) < 4.78 is 1.78. The number of nitrogens with two attached hydrogens (primary N) is 1. The third kappa shape index (κ3) is 2.44. The first-order chi connectivity index (χ1) is 8.51. The average Bonchev–Trinajstić information content (AvgIpc) is 2.56. The van der Waals surface area contributed by atoms with Crippen molar-refractivity contribution in [3.8, 4) is 0 Å². The minimum Gasteiger partial charge on any atom is -0.308 e. The van der Waals surface area contributed by atoms with Crippen LogP contribution in [0.1, 0.15) is 22.9 Å². The number of nitrogens with one attached hydrogen (secondary N) is 1. The monoisotopic (exact) mass is 266 g/mol. The molecule has 0 saturated heterocycles. The molecule has 0 aromatic carbocycles. The van der Waals surface area contributed by atoms with E-state index >= 15 is 0 Å². The molecule has 18 heavy (non-hydrogen) atoms. The number of aromatic nitrogens is 4. The zero-order valence-corrected chi connectivity index (χ0v) is 11.3. The SMILES string of the molecule is Cc1cc(NN)nc(Cn2nc(C)c(Cl)c2C)n1. The third-order valence-corrected chi connectivity index (χ3v) is 3.18. The standard InChI is InChI=1S/C11H15ClN6/c1-6-4-9(16-13)15-10(14-6)5-18-8(3)11(12)7(2)17-18/h4H,5,13H2,1-3H3,(H,14,15,16). The molecule has 0 unspecified atom stereocenters. The van der Waals surface area contributed by atoms with Gasteiger partial charge in [-0.1, -0.05) is 11.6 Å². The van der Waals surface area contributed by atoms with Crippen LogP contribution in [-0.2, 0) is 6.54 Å². The van der Waals surface area contributed by atoms with Gasteiger partial charge in [-0.2, -0.15) is 5.10 Å². The molecule has 0 aliphatic rings. The Balaban J connectivity index is 2.33. The van der Waals surface area contributed by atoms with Gasteiger partial charge >= 0.3 is 0 Å². The first kappa shape index (κ1) is 12.8. The van der Waals surface area contributed by atoms with Crippen molar-refractivity contribution in [2.75, 3.05) is 5.43 Å². The van der Waals surface area contributed by atoms with Crippen LogP contribution in [0, 0.1) is 20.8 Å². The van der Waals surface area contributed by atoms with Gasteiger partial charge in [0.1, 0.15) is 12.4 Å². The van der Waals surface area contributed by atoms with Crippen molar-refractivity contribution in [2.45, 2.75) is 27.3 Å². The van der Waals surface area contributed by atoms with Gasteiger partial charge in [0.2, 0.25) is 0 Å². The summed E-state index contributed by atoms with van der Waals surface area (Å²) in [5, 5.41) is 5.02. The van der Waals surface area contributed by atoms with Crippen molar-refractivity contribution in [1.29, 1.82) is 0 Å². The summed E-state index contributed by atoms with van der Waals surface area (Å²) in [5.74, 6) is 6.59. The van der Waals surface area contributed by atoms with E-state index in [9.17, 15) is 0 Å². The second-order valence-corrected chi connectivity index (χ2v) is 4.48. The second kappa shape index (κ2) is 4.91. The number of nitrogen functional groups attached to an aromatic ring is 1. The van der Waals surface area contributed by atoms with Crippen LogP contribution in [0.5, 0.6) is 0 Å². The van der Waals surface area contributed by atoms with Crippen LogP contribution < -0.4 is 11.3 Å². The topological polar surface area (TPSA) is 81.6 Å². The van der Waals surface area contributed by atoms with Crippen molar-refractivity contribution >= 4 is 17.4 Å². The van der Waals surface area contributed by atoms with Crippen LogP contribution in [0.15, 0.2) is 6.07 Å². The summed E-state index contributed by atoms with van der Waals surface area (Å²) in [7, 11) is 0. The fourth-order valence-electron chi connectivity index (χ4n) is 1.74. The molecule has 0 radical (unpaired) electrons. The summed E-state index contributed by atoms with van der Waals surface area (Å²) in [6, 6.07) is 1.78. The van der Waals surface area contributed by atoms with Crippen molar-refractivity contribution in [3.05, 3.63) is 34.0 Å². The number of hydrazine groups is 1. The second-order valence-electron chi connectivity index (χ2n) is 4.10. The highest BCUT2D eigenvalue weighted by Crippen LogP contribution is 2.19. The molecule has 2 heterocycles. The van der Waals surface area contributed by atoms with E-state index < -0.39 is 0 Å². The summed E-state index contributed by atoms with van der Waals surface area (Å²) in [4.78, 5) is 8.62. The van der Waals surface area contributed by atoms with Crippen molar-refractivity contribution in [2.24, 2.45) is 5.84 Å². The van der Waals surface area contributed by atoms with Gasteiger partial charge in [-0.05, 0) is 20.8 Å². The van der Waals surface area contributed by atoms with E-state index in [0.29, 0.717) is 23.2 Å². The molecule has 3 N–H and O–H groups in total. The highest BCUT2D eigenvalue weighted by molar-refractivity contribution is 6.31. The van der Waals surface area contributed by atoms with Gasteiger partial charge in [-0.3, -0.25) is 4.68 Å². The molecule has 0 aliphatic heterocycles. The maximum atomic E-state index is 6.10. The molecule has 0 spiro atoms. The lowest BCUT2D eigenvalue weighted by molar-refractivity contribution is 0.630. The number of hydrogen-bond acceptors (Lipinski definition) is 5. The van der Waals surface area contributed by atoms with Gasteiger partial charge < -0.3 is 5.43 Å². The first-order valence-corrected chi connectivity index (χ1v) is 5.89. The first-order valence-electron chi connectivity index (χ1n) is 5.52. The van der Waals surface area contributed by atoms with Crippen LogP contribution in [0.2, 0.25) is 5.02 Å². The fourth-order valence-corrected chi connectivity index (χ4v) is 1.87. The Bertz CT molecular complexity index is 577. The maximum absolute atomic E-state index is 6.10. The van der Waals surface area contributed by atoms with Crippen LogP contribution in [0.3, 0.4) is 0 Å². The summed E-state index contributed by atoms with van der Waals surface area (Å²) in [6.07, 6.45) is 0. The van der Waals surface area contributed by atoms with Crippen molar-refractivity contribution in [3.63, 3.8) is 0 Å². The highest BCUT2D eigenvalue weighted by Gasteiger charge is 2.11. The van der Waals surface area contributed by atoms with E-state index in [1.54, 1.807) is 10.7 Å². The molecular weight excluding hydrogens is 252 g/mol. The summed E-state index contributed by atoms with van der Waals surface area (Å²) >= 11 is 6.10. The minimum atomic E-state index is 0.468. The van der Waals surface area contributed by atoms with Gasteiger partial charge in [-0.25, -0.2) is 15.8 Å². The van der Waals surface area contributed by atoms with E-state index in [4.69, 9.17) is 17.4 Å². The quantitative estimate of drug-likeness (QED) is 0.651. The van der Waals surface area contributed by atoms with Crippen molar-refractivity contribution in [1.82, 2.24) is 19.7 Å². The number of nitrogens with zero attached hydrogens (tertiary/aromatic N) is 4. The predicted molar refractivity (Wildman–Crippen MR) is 70.4 cm³/mol. The van der Waals surface area contributed by atoms with E-state index in [1.165, 1.54) is 0 Å². The Morgan fingerprint density at radius 1 is 1.33 bits per heavy atom. The smallest absolute Gasteiger partial charge is 0.152 e. The lowest BCUT2D eigenvalue weighted by atomic mass is 10.4.